The highest BCUT2D eigenvalue weighted by Crippen LogP contribution is 2.31. The summed E-state index contributed by atoms with van der Waals surface area (Å²) in [5.74, 6) is -0.103. The first-order valence-electron chi connectivity index (χ1n) is 12.2. The number of benzene rings is 1. The van der Waals surface area contributed by atoms with Gasteiger partial charge in [0.25, 0.3) is 5.91 Å². The van der Waals surface area contributed by atoms with Gasteiger partial charge in [0.15, 0.2) is 0 Å². The summed E-state index contributed by atoms with van der Waals surface area (Å²) in [6.07, 6.45) is 4.41. The number of rotatable bonds is 5. The molecule has 2 fully saturated rings. The van der Waals surface area contributed by atoms with Crippen LogP contribution in [0.3, 0.4) is 0 Å². The highest BCUT2D eigenvalue weighted by molar-refractivity contribution is 6.05. The van der Waals surface area contributed by atoms with E-state index >= 15 is 0 Å². The van der Waals surface area contributed by atoms with Crippen molar-refractivity contribution in [2.24, 2.45) is 0 Å². The Balaban J connectivity index is 1.09. The van der Waals surface area contributed by atoms with Gasteiger partial charge >= 0.3 is 0 Å². The van der Waals surface area contributed by atoms with E-state index in [0.29, 0.717) is 25.1 Å². The monoisotopic (exact) mass is 476 g/mol. The lowest BCUT2D eigenvalue weighted by molar-refractivity contribution is -0.136. The zero-order valence-electron chi connectivity index (χ0n) is 19.5. The molecule has 1 aromatic carbocycles. The number of pyridine rings is 1. The maximum absolute atomic E-state index is 12.9. The maximum atomic E-state index is 12.9. The zero-order chi connectivity index (χ0) is 23.9. The molecule has 3 amide bonds. The number of ether oxygens (including phenoxy) is 2. The van der Waals surface area contributed by atoms with Gasteiger partial charge in [-0.25, -0.2) is 0 Å². The quantitative estimate of drug-likeness (QED) is 0.654. The van der Waals surface area contributed by atoms with Gasteiger partial charge in [0.05, 0.1) is 18.9 Å². The first-order chi connectivity index (χ1) is 17.0. The van der Waals surface area contributed by atoms with E-state index in [2.05, 4.69) is 21.3 Å². The Morgan fingerprint density at radius 1 is 1.14 bits per heavy atom. The van der Waals surface area contributed by atoms with E-state index in [1.165, 1.54) is 11.1 Å². The molecule has 35 heavy (non-hydrogen) atoms. The Morgan fingerprint density at radius 3 is 2.94 bits per heavy atom. The first-order valence-corrected chi connectivity index (χ1v) is 12.2. The first kappa shape index (κ1) is 22.2. The van der Waals surface area contributed by atoms with Crippen LogP contribution in [0.1, 0.15) is 52.0 Å². The third-order valence-corrected chi connectivity index (χ3v) is 7.40. The fraction of sp³-hybridized carbons (Fsp3) is 0.462. The Morgan fingerprint density at radius 2 is 2.06 bits per heavy atom. The van der Waals surface area contributed by atoms with Crippen LogP contribution in [-0.2, 0) is 40.4 Å². The molecule has 2 aromatic rings. The summed E-state index contributed by atoms with van der Waals surface area (Å²) in [5, 5.41) is 2.34. The second kappa shape index (κ2) is 9.05. The van der Waals surface area contributed by atoms with Gasteiger partial charge in [0.2, 0.25) is 11.8 Å². The molecule has 182 valence electrons. The number of nitrogens with zero attached hydrogens (tertiary/aromatic N) is 3. The Hall–Kier alpha value is -3.30. The zero-order valence-corrected chi connectivity index (χ0v) is 19.5. The molecule has 2 saturated heterocycles. The number of hydrogen-bond donors (Lipinski definition) is 1. The van der Waals surface area contributed by atoms with E-state index in [1.807, 2.05) is 18.3 Å². The van der Waals surface area contributed by atoms with Crippen LogP contribution >= 0.6 is 0 Å². The second-order valence-electron chi connectivity index (χ2n) is 9.68. The fourth-order valence-corrected chi connectivity index (χ4v) is 5.60. The predicted molar refractivity (Wildman–Crippen MR) is 124 cm³/mol. The lowest BCUT2D eigenvalue weighted by Gasteiger charge is -2.29. The molecule has 0 saturated carbocycles. The van der Waals surface area contributed by atoms with Gasteiger partial charge in [-0.05, 0) is 60.2 Å². The summed E-state index contributed by atoms with van der Waals surface area (Å²) in [6.45, 7) is 4.38. The largest absolute Gasteiger partial charge is 0.489 e. The Labute approximate surface area is 203 Å². The minimum atomic E-state index is -0.606. The van der Waals surface area contributed by atoms with E-state index in [0.717, 1.165) is 56.1 Å². The normalized spacial score (nSPS) is 24.3. The Bertz CT molecular complexity index is 1200. The smallest absolute Gasteiger partial charge is 0.255 e. The van der Waals surface area contributed by atoms with E-state index in [4.69, 9.17) is 9.47 Å². The standard InChI is InChI=1S/C26H28N4O5/c31-24-4-3-23(25(32)28-24)30-13-17-11-18(1-2-21(17)26(30)33)35-19-6-9-29(14-19)12-16-5-8-27-22-15-34-10-7-20(16)22/h1-2,5,8,11,19,23H,3-4,6-7,9-10,12-15H2,(H,28,31,32)/t19-,23?/m0/s1. The summed E-state index contributed by atoms with van der Waals surface area (Å²) in [4.78, 5) is 45.1. The molecule has 4 aliphatic rings. The van der Waals surface area contributed by atoms with E-state index in [9.17, 15) is 14.4 Å². The molecule has 9 heteroatoms. The van der Waals surface area contributed by atoms with E-state index < -0.39 is 11.9 Å². The maximum Gasteiger partial charge on any atom is 0.255 e. The van der Waals surface area contributed by atoms with Crippen LogP contribution in [0.5, 0.6) is 5.75 Å². The number of hydrogen-bond acceptors (Lipinski definition) is 7. The molecular formula is C26H28N4O5. The molecule has 9 nitrogen and oxygen atoms in total. The molecule has 4 aliphatic heterocycles. The van der Waals surface area contributed by atoms with Gasteiger partial charge < -0.3 is 14.4 Å². The van der Waals surface area contributed by atoms with Crippen LogP contribution in [0.25, 0.3) is 0 Å². The number of carbonyl (C=O) groups excluding carboxylic acids is 3. The number of carbonyl (C=O) groups is 3. The minimum Gasteiger partial charge on any atom is -0.489 e. The second-order valence-corrected chi connectivity index (χ2v) is 9.68. The third kappa shape index (κ3) is 4.30. The van der Waals surface area contributed by atoms with Crippen molar-refractivity contribution in [3.63, 3.8) is 0 Å². The average Bonchev–Trinajstić information content (AvgIpc) is 3.43. The molecular weight excluding hydrogens is 448 g/mol. The van der Waals surface area contributed by atoms with Gasteiger partial charge in [-0.3, -0.25) is 29.6 Å². The lowest BCUT2D eigenvalue weighted by atomic mass is 10.0. The molecule has 1 unspecified atom stereocenters. The van der Waals surface area contributed by atoms with Crippen molar-refractivity contribution in [2.75, 3.05) is 19.7 Å². The third-order valence-electron chi connectivity index (χ3n) is 7.40. The summed E-state index contributed by atoms with van der Waals surface area (Å²) in [6, 6.07) is 7.06. The van der Waals surface area contributed by atoms with Crippen LogP contribution in [0.15, 0.2) is 30.5 Å². The number of likely N-dealkylation sites (tertiary alicyclic amines) is 1. The molecule has 6 rings (SSSR count). The summed E-state index contributed by atoms with van der Waals surface area (Å²) in [5.41, 5.74) is 5.16. The van der Waals surface area contributed by atoms with Crippen molar-refractivity contribution in [1.82, 2.24) is 20.1 Å². The summed E-state index contributed by atoms with van der Waals surface area (Å²) < 4.78 is 11.8. The number of imide groups is 1. The Kier molecular flexibility index (Phi) is 5.74. The highest BCUT2D eigenvalue weighted by atomic mass is 16.5. The number of amides is 3. The van der Waals surface area contributed by atoms with Crippen LogP contribution in [0, 0.1) is 0 Å². The number of fused-ring (bicyclic) bond motifs is 2. The molecule has 1 N–H and O–H groups in total. The van der Waals surface area contributed by atoms with E-state index in [1.54, 1.807) is 11.0 Å². The van der Waals surface area contributed by atoms with Gasteiger partial charge in [-0.15, -0.1) is 0 Å². The van der Waals surface area contributed by atoms with Crippen molar-refractivity contribution < 1.29 is 23.9 Å². The molecule has 0 spiro atoms. The van der Waals surface area contributed by atoms with Gasteiger partial charge in [0.1, 0.15) is 17.9 Å². The molecule has 5 heterocycles. The van der Waals surface area contributed by atoms with Crippen LogP contribution in [0.2, 0.25) is 0 Å². The van der Waals surface area contributed by atoms with Crippen molar-refractivity contribution in [1.29, 1.82) is 0 Å². The highest BCUT2D eigenvalue weighted by Gasteiger charge is 2.39. The molecule has 1 aromatic heterocycles. The molecule has 0 aliphatic carbocycles. The van der Waals surface area contributed by atoms with Crippen molar-refractivity contribution in [3.8, 4) is 5.75 Å². The number of aromatic nitrogens is 1. The van der Waals surface area contributed by atoms with Crippen LogP contribution in [-0.4, -0.2) is 64.3 Å². The van der Waals surface area contributed by atoms with E-state index in [-0.39, 0.29) is 24.3 Å². The minimum absolute atomic E-state index is 0.0809. The fourth-order valence-electron chi connectivity index (χ4n) is 5.60. The van der Waals surface area contributed by atoms with Crippen molar-refractivity contribution >= 4 is 17.7 Å². The number of piperidine rings is 1. The topological polar surface area (TPSA) is 101 Å². The summed E-state index contributed by atoms with van der Waals surface area (Å²) in [7, 11) is 0. The van der Waals surface area contributed by atoms with Crippen molar-refractivity contribution in [2.45, 2.75) is 57.5 Å². The van der Waals surface area contributed by atoms with Gasteiger partial charge in [0, 0.05) is 44.4 Å². The van der Waals surface area contributed by atoms with Gasteiger partial charge in [-0.1, -0.05) is 0 Å². The average molecular weight is 477 g/mol. The lowest BCUT2D eigenvalue weighted by Crippen LogP contribution is -2.52. The van der Waals surface area contributed by atoms with Gasteiger partial charge in [-0.2, -0.15) is 0 Å². The predicted octanol–water partition coefficient (Wildman–Crippen LogP) is 1.57. The SMILES string of the molecule is O=C1CCC(N2Cc3cc(O[C@H]4CCN(Cc5ccnc6c5CCOC6)C4)ccc3C2=O)C(=O)N1. The molecule has 2 atom stereocenters. The van der Waals surface area contributed by atoms with Crippen LogP contribution in [0.4, 0.5) is 0 Å². The number of nitrogens with one attached hydrogen (secondary N) is 1. The van der Waals surface area contributed by atoms with Crippen LogP contribution < -0.4 is 10.1 Å². The summed E-state index contributed by atoms with van der Waals surface area (Å²) >= 11 is 0. The van der Waals surface area contributed by atoms with Crippen molar-refractivity contribution in [3.05, 3.63) is 58.4 Å². The molecule has 0 bridgehead atoms. The molecule has 0 radical (unpaired) electrons.